The number of rotatable bonds is 3. The number of phenols is 3. The van der Waals surface area contributed by atoms with Crippen LogP contribution in [0.2, 0.25) is 0 Å². The van der Waals surface area contributed by atoms with E-state index in [1.54, 1.807) is 12.1 Å². The van der Waals surface area contributed by atoms with Gasteiger partial charge >= 0.3 is 0 Å². The monoisotopic (exact) mass is 365 g/mol. The Labute approximate surface area is 157 Å². The Morgan fingerprint density at radius 3 is 2.22 bits per heavy atom. The Kier molecular flexibility index (Phi) is 4.70. The molecule has 0 aromatic heterocycles. The van der Waals surface area contributed by atoms with Crippen molar-refractivity contribution in [1.82, 2.24) is 5.32 Å². The van der Waals surface area contributed by atoms with Gasteiger partial charge in [0.05, 0.1) is 5.92 Å². The van der Waals surface area contributed by atoms with E-state index in [4.69, 9.17) is 0 Å². The maximum atomic E-state index is 13.2. The zero-order chi connectivity index (χ0) is 19.8. The summed E-state index contributed by atoms with van der Waals surface area (Å²) in [6.45, 7) is 5.62. The third-order valence-corrected chi connectivity index (χ3v) is 4.32. The first kappa shape index (κ1) is 18.6. The quantitative estimate of drug-likeness (QED) is 0.528. The molecule has 0 heterocycles. The first-order valence-corrected chi connectivity index (χ1v) is 8.72. The summed E-state index contributed by atoms with van der Waals surface area (Å²) in [5.41, 5.74) is 0.452. The van der Waals surface area contributed by atoms with Crippen molar-refractivity contribution in [3.05, 3.63) is 65.7 Å². The van der Waals surface area contributed by atoms with Gasteiger partial charge in [-0.25, -0.2) is 0 Å². The molecule has 0 aliphatic rings. The van der Waals surface area contributed by atoms with Gasteiger partial charge in [-0.2, -0.15) is 0 Å². The molecule has 5 nitrogen and oxygen atoms in total. The van der Waals surface area contributed by atoms with E-state index in [1.165, 1.54) is 18.2 Å². The Morgan fingerprint density at radius 2 is 1.59 bits per heavy atom. The van der Waals surface area contributed by atoms with Crippen LogP contribution in [0.5, 0.6) is 17.2 Å². The minimum atomic E-state index is -0.859. The fraction of sp³-hybridized carbons (Fsp3) is 0.227. The summed E-state index contributed by atoms with van der Waals surface area (Å²) >= 11 is 0. The molecule has 27 heavy (non-hydrogen) atoms. The molecule has 3 aromatic carbocycles. The third kappa shape index (κ3) is 3.82. The molecule has 3 aromatic rings. The first-order chi connectivity index (χ1) is 12.7. The van der Waals surface area contributed by atoms with Crippen LogP contribution in [-0.2, 0) is 4.79 Å². The molecule has 0 spiro atoms. The molecule has 1 atom stereocenters. The second-order valence-corrected chi connectivity index (χ2v) is 7.64. The molecule has 0 radical (unpaired) electrons. The molecule has 0 saturated heterocycles. The summed E-state index contributed by atoms with van der Waals surface area (Å²) in [7, 11) is 0. The van der Waals surface area contributed by atoms with Crippen LogP contribution < -0.4 is 5.32 Å². The lowest BCUT2D eigenvalue weighted by atomic mass is 9.85. The largest absolute Gasteiger partial charge is 0.508 e. The van der Waals surface area contributed by atoms with Gasteiger partial charge in [-0.15, -0.1) is 0 Å². The minimum absolute atomic E-state index is 0.0821. The first-order valence-electron chi connectivity index (χ1n) is 8.72. The lowest BCUT2D eigenvalue weighted by Crippen LogP contribution is -2.43. The number of aromatic hydroxyl groups is 3. The van der Waals surface area contributed by atoms with Gasteiger partial charge in [-0.05, 0) is 55.3 Å². The van der Waals surface area contributed by atoms with E-state index in [0.29, 0.717) is 16.5 Å². The highest BCUT2D eigenvalue weighted by Crippen LogP contribution is 2.43. The van der Waals surface area contributed by atoms with Crippen molar-refractivity contribution in [3.8, 4) is 17.2 Å². The van der Waals surface area contributed by atoms with Gasteiger partial charge in [0, 0.05) is 11.1 Å². The van der Waals surface area contributed by atoms with Gasteiger partial charge < -0.3 is 20.6 Å². The van der Waals surface area contributed by atoms with Gasteiger partial charge in [0.25, 0.3) is 0 Å². The molecule has 5 heteroatoms. The van der Waals surface area contributed by atoms with Crippen molar-refractivity contribution in [2.24, 2.45) is 0 Å². The van der Waals surface area contributed by atoms with E-state index in [1.807, 2.05) is 45.0 Å². The molecule has 0 saturated carbocycles. The number of nitrogens with one attached hydrogen (secondary N) is 1. The topological polar surface area (TPSA) is 89.8 Å². The van der Waals surface area contributed by atoms with Gasteiger partial charge in [-0.3, -0.25) is 4.79 Å². The van der Waals surface area contributed by atoms with Crippen LogP contribution in [0.25, 0.3) is 10.8 Å². The average molecular weight is 365 g/mol. The molecular formula is C22H23NO4. The highest BCUT2D eigenvalue weighted by molar-refractivity contribution is 5.98. The van der Waals surface area contributed by atoms with Crippen LogP contribution >= 0.6 is 0 Å². The van der Waals surface area contributed by atoms with Gasteiger partial charge in [0.1, 0.15) is 5.75 Å². The molecule has 0 aliphatic heterocycles. The fourth-order valence-corrected chi connectivity index (χ4v) is 3.20. The number of amides is 1. The van der Waals surface area contributed by atoms with Gasteiger partial charge in [0.2, 0.25) is 5.91 Å². The Hall–Kier alpha value is -3.21. The van der Waals surface area contributed by atoms with Crippen LogP contribution in [-0.4, -0.2) is 26.8 Å². The Balaban J connectivity index is 2.28. The molecule has 4 N–H and O–H groups in total. The zero-order valence-corrected chi connectivity index (χ0v) is 15.5. The molecule has 140 valence electrons. The van der Waals surface area contributed by atoms with Crippen LogP contribution in [0, 0.1) is 0 Å². The van der Waals surface area contributed by atoms with E-state index < -0.39 is 11.5 Å². The molecule has 1 unspecified atom stereocenters. The third-order valence-electron chi connectivity index (χ3n) is 4.32. The lowest BCUT2D eigenvalue weighted by Gasteiger charge is -2.27. The van der Waals surface area contributed by atoms with Gasteiger partial charge in [-0.1, -0.05) is 36.4 Å². The number of benzene rings is 3. The smallest absolute Gasteiger partial charge is 0.232 e. The van der Waals surface area contributed by atoms with E-state index in [2.05, 4.69) is 5.32 Å². The zero-order valence-electron chi connectivity index (χ0n) is 15.5. The Bertz CT molecular complexity index is 988. The number of phenolic OH excluding ortho intramolecular Hbond substituents is 3. The second-order valence-electron chi connectivity index (χ2n) is 7.64. The van der Waals surface area contributed by atoms with Crippen LogP contribution in [0.3, 0.4) is 0 Å². The minimum Gasteiger partial charge on any atom is -0.508 e. The fourth-order valence-electron chi connectivity index (χ4n) is 3.20. The summed E-state index contributed by atoms with van der Waals surface area (Å²) in [6, 6.07) is 15.0. The molecule has 0 bridgehead atoms. The number of carbonyl (C=O) groups is 1. The average Bonchev–Trinajstić information content (AvgIpc) is 2.58. The predicted molar refractivity (Wildman–Crippen MR) is 105 cm³/mol. The maximum Gasteiger partial charge on any atom is 0.232 e. The van der Waals surface area contributed by atoms with E-state index >= 15 is 0 Å². The molecular weight excluding hydrogens is 342 g/mol. The van der Waals surface area contributed by atoms with Crippen molar-refractivity contribution in [2.75, 3.05) is 0 Å². The highest BCUT2D eigenvalue weighted by Gasteiger charge is 2.31. The standard InChI is InChI=1S/C22H23NO4/c1-22(2,3)23-21(27)18(13-8-10-15(24)11-9-13)19-16-7-5-4-6-14(16)12-17(25)20(19)26/h4-12,18,24-26H,1-3H3,(H,23,27). The number of fused-ring (bicyclic) bond motifs is 1. The van der Waals surface area contributed by atoms with E-state index in [0.717, 1.165) is 5.39 Å². The van der Waals surface area contributed by atoms with E-state index in [-0.39, 0.29) is 23.2 Å². The van der Waals surface area contributed by atoms with Crippen molar-refractivity contribution >= 4 is 16.7 Å². The van der Waals surface area contributed by atoms with Crippen LogP contribution in [0.4, 0.5) is 0 Å². The number of carbonyl (C=O) groups excluding carboxylic acids is 1. The normalized spacial score (nSPS) is 12.7. The molecule has 1 amide bonds. The second kappa shape index (κ2) is 6.83. The number of hydrogen-bond acceptors (Lipinski definition) is 4. The summed E-state index contributed by atoms with van der Waals surface area (Å²) < 4.78 is 0. The Morgan fingerprint density at radius 1 is 0.963 bits per heavy atom. The molecule has 3 rings (SSSR count). The highest BCUT2D eigenvalue weighted by atomic mass is 16.3. The summed E-state index contributed by atoms with van der Waals surface area (Å²) in [6.07, 6.45) is 0. The SMILES string of the molecule is CC(C)(C)NC(=O)C(c1ccc(O)cc1)c1c(O)c(O)cc2ccccc12. The molecule has 0 fully saturated rings. The lowest BCUT2D eigenvalue weighted by molar-refractivity contribution is -0.123. The number of hydrogen-bond donors (Lipinski definition) is 4. The van der Waals surface area contributed by atoms with Crippen molar-refractivity contribution < 1.29 is 20.1 Å². The summed E-state index contributed by atoms with van der Waals surface area (Å²) in [5.74, 6) is -1.69. The van der Waals surface area contributed by atoms with Crippen LogP contribution in [0.15, 0.2) is 54.6 Å². The summed E-state index contributed by atoms with van der Waals surface area (Å²) in [5, 5.41) is 34.8. The van der Waals surface area contributed by atoms with E-state index in [9.17, 15) is 20.1 Å². The summed E-state index contributed by atoms with van der Waals surface area (Å²) in [4.78, 5) is 13.2. The predicted octanol–water partition coefficient (Wildman–Crippen LogP) is 4.00. The van der Waals surface area contributed by atoms with Crippen LogP contribution in [0.1, 0.15) is 37.8 Å². The maximum absolute atomic E-state index is 13.2. The van der Waals surface area contributed by atoms with Gasteiger partial charge in [0.15, 0.2) is 11.5 Å². The van der Waals surface area contributed by atoms with Crippen molar-refractivity contribution in [3.63, 3.8) is 0 Å². The van der Waals surface area contributed by atoms with Crippen molar-refractivity contribution in [1.29, 1.82) is 0 Å². The molecule has 0 aliphatic carbocycles. The van der Waals surface area contributed by atoms with Crippen molar-refractivity contribution in [2.45, 2.75) is 32.2 Å².